The van der Waals surface area contributed by atoms with Crippen molar-refractivity contribution in [1.82, 2.24) is 20.3 Å². The Labute approximate surface area is 259 Å². The lowest BCUT2D eigenvalue weighted by Gasteiger charge is -2.17. The zero-order valence-corrected chi connectivity index (χ0v) is 25.7. The molecule has 14 heteroatoms. The number of H-pyrrole nitrogens is 1. The minimum atomic E-state index is -1.05. The van der Waals surface area contributed by atoms with E-state index in [2.05, 4.69) is 25.6 Å². The molecule has 3 rings (SSSR count). The third kappa shape index (κ3) is 9.55. The number of amides is 3. The lowest BCUT2D eigenvalue weighted by atomic mass is 9.96. The summed E-state index contributed by atoms with van der Waals surface area (Å²) in [6.07, 6.45) is 4.96. The van der Waals surface area contributed by atoms with Crippen LogP contribution in [0, 0.1) is 5.41 Å². The summed E-state index contributed by atoms with van der Waals surface area (Å²) in [7, 11) is 0. The zero-order chi connectivity index (χ0) is 33.1. The number of esters is 2. The number of aromatic nitrogens is 3. The Bertz CT molecular complexity index is 1640. The Morgan fingerprint density at radius 1 is 1.07 bits per heavy atom. The number of ether oxygens (including phenoxy) is 2. The molecule has 1 atom stereocenters. The first kappa shape index (κ1) is 34.1. The van der Waals surface area contributed by atoms with E-state index in [1.165, 1.54) is 41.6 Å². The first-order chi connectivity index (χ1) is 21.4. The molecule has 0 aliphatic carbocycles. The fourth-order valence-corrected chi connectivity index (χ4v) is 3.85. The molecule has 0 unspecified atom stereocenters. The number of benzene rings is 1. The van der Waals surface area contributed by atoms with Gasteiger partial charge in [-0.2, -0.15) is 4.98 Å². The van der Waals surface area contributed by atoms with Gasteiger partial charge in [0.1, 0.15) is 6.04 Å². The molecule has 14 nitrogen and oxygen atoms in total. The number of pyridine rings is 1. The largest absolute Gasteiger partial charge is 0.466 e. The fourth-order valence-electron chi connectivity index (χ4n) is 3.85. The highest BCUT2D eigenvalue weighted by atomic mass is 16.5. The molecule has 0 saturated carbocycles. The summed E-state index contributed by atoms with van der Waals surface area (Å²) in [5.74, 6) is -2.07. The van der Waals surface area contributed by atoms with Gasteiger partial charge in [0.15, 0.2) is 5.65 Å². The number of hydrogen-bond donors (Lipinski definition) is 3. The van der Waals surface area contributed by atoms with Crippen molar-refractivity contribution in [3.8, 4) is 0 Å². The first-order valence-corrected chi connectivity index (χ1v) is 14.2. The summed E-state index contributed by atoms with van der Waals surface area (Å²) in [4.78, 5) is 85.9. The monoisotopic (exact) mass is 620 g/mol. The molecular weight excluding hydrogens is 584 g/mol. The van der Waals surface area contributed by atoms with Gasteiger partial charge >= 0.3 is 11.9 Å². The van der Waals surface area contributed by atoms with Gasteiger partial charge in [-0.05, 0) is 62.2 Å². The van der Waals surface area contributed by atoms with E-state index in [9.17, 15) is 28.8 Å². The molecule has 2 heterocycles. The van der Waals surface area contributed by atoms with Crippen LogP contribution in [0.15, 0.2) is 47.5 Å². The maximum Gasteiger partial charge on any atom is 0.328 e. The molecule has 0 aliphatic heterocycles. The quantitative estimate of drug-likeness (QED) is 0.189. The lowest BCUT2D eigenvalue weighted by Crippen LogP contribution is -2.42. The van der Waals surface area contributed by atoms with Crippen molar-refractivity contribution in [2.45, 2.75) is 53.5 Å². The van der Waals surface area contributed by atoms with Crippen molar-refractivity contribution in [2.75, 3.05) is 23.4 Å². The van der Waals surface area contributed by atoms with Crippen LogP contribution in [-0.4, -0.2) is 64.4 Å². The van der Waals surface area contributed by atoms with Crippen LogP contribution in [0.25, 0.3) is 17.1 Å². The Hall–Kier alpha value is -5.40. The van der Waals surface area contributed by atoms with E-state index in [0.717, 1.165) is 0 Å². The van der Waals surface area contributed by atoms with Crippen molar-refractivity contribution in [3.63, 3.8) is 0 Å². The van der Waals surface area contributed by atoms with Gasteiger partial charge in [-0.1, -0.05) is 20.8 Å². The van der Waals surface area contributed by atoms with E-state index in [-0.39, 0.29) is 54.5 Å². The molecule has 3 N–H and O–H groups in total. The van der Waals surface area contributed by atoms with Crippen LogP contribution in [0.4, 0.5) is 11.6 Å². The van der Waals surface area contributed by atoms with Crippen LogP contribution < -0.4 is 21.1 Å². The number of anilines is 2. The van der Waals surface area contributed by atoms with E-state index in [0.29, 0.717) is 17.7 Å². The highest BCUT2D eigenvalue weighted by Crippen LogP contribution is 2.18. The Morgan fingerprint density at radius 2 is 1.76 bits per heavy atom. The van der Waals surface area contributed by atoms with E-state index in [1.807, 2.05) is 0 Å². The number of fused-ring (bicyclic) bond motifs is 1. The second-order valence-corrected chi connectivity index (χ2v) is 10.8. The third-order valence-electron chi connectivity index (χ3n) is 6.28. The molecule has 3 amide bonds. The molecule has 0 saturated heterocycles. The summed E-state index contributed by atoms with van der Waals surface area (Å²) in [6.45, 7) is 8.80. The van der Waals surface area contributed by atoms with Crippen molar-refractivity contribution >= 4 is 58.9 Å². The standard InChI is InChI=1S/C31H36N6O8/c1-6-44-24(39)13-12-23(28(42)45-7-2)33-26(40)20-8-10-21(11-9-20)37(18-38)15-14-19-16-22-25(32-17-19)34-30(35-27(22)41)36-29(43)31(3,4)5/h8-11,14-18,23H,6-7,12-13H2,1-5H3,(H,33,40)(H2,32,34,35,36,41,43)/b15-14+/t23-/m0/s1. The molecule has 0 radical (unpaired) electrons. The van der Waals surface area contributed by atoms with Gasteiger partial charge in [-0.25, -0.2) is 9.78 Å². The van der Waals surface area contributed by atoms with Crippen LogP contribution in [0.5, 0.6) is 0 Å². The molecule has 45 heavy (non-hydrogen) atoms. The van der Waals surface area contributed by atoms with Gasteiger partial charge in [0.05, 0.1) is 18.6 Å². The molecule has 3 aromatic rings. The minimum Gasteiger partial charge on any atom is -0.466 e. The highest BCUT2D eigenvalue weighted by molar-refractivity contribution is 5.97. The van der Waals surface area contributed by atoms with Crippen LogP contribution in [0.3, 0.4) is 0 Å². The molecule has 0 aliphatic rings. The van der Waals surface area contributed by atoms with Crippen molar-refractivity contribution in [3.05, 3.63) is 64.2 Å². The van der Waals surface area contributed by atoms with Crippen LogP contribution >= 0.6 is 0 Å². The molecule has 0 bridgehead atoms. The number of carbonyl (C=O) groups is 5. The van der Waals surface area contributed by atoms with E-state index in [1.54, 1.807) is 46.8 Å². The summed E-state index contributed by atoms with van der Waals surface area (Å²) in [6, 6.07) is 6.50. The second-order valence-electron chi connectivity index (χ2n) is 10.8. The van der Waals surface area contributed by atoms with E-state index in [4.69, 9.17) is 9.47 Å². The van der Waals surface area contributed by atoms with E-state index >= 15 is 0 Å². The van der Waals surface area contributed by atoms with Crippen molar-refractivity contribution in [2.24, 2.45) is 5.41 Å². The van der Waals surface area contributed by atoms with Crippen molar-refractivity contribution in [1.29, 1.82) is 0 Å². The Morgan fingerprint density at radius 3 is 2.38 bits per heavy atom. The van der Waals surface area contributed by atoms with Gasteiger partial charge in [0.25, 0.3) is 11.5 Å². The van der Waals surface area contributed by atoms with Gasteiger partial charge in [-0.3, -0.25) is 39.2 Å². The van der Waals surface area contributed by atoms with Gasteiger partial charge < -0.3 is 14.8 Å². The van der Waals surface area contributed by atoms with Crippen molar-refractivity contribution < 1.29 is 33.4 Å². The number of hydrogen-bond acceptors (Lipinski definition) is 10. The predicted octanol–water partition coefficient (Wildman–Crippen LogP) is 2.94. The summed E-state index contributed by atoms with van der Waals surface area (Å²) < 4.78 is 9.91. The predicted molar refractivity (Wildman–Crippen MR) is 166 cm³/mol. The second kappa shape index (κ2) is 15.4. The average Bonchev–Trinajstić information content (AvgIpc) is 2.99. The maximum atomic E-state index is 12.9. The summed E-state index contributed by atoms with van der Waals surface area (Å²) in [5.41, 5.74) is 0.0763. The van der Waals surface area contributed by atoms with Gasteiger partial charge in [0.2, 0.25) is 18.3 Å². The molecule has 0 fully saturated rings. The summed E-state index contributed by atoms with van der Waals surface area (Å²) in [5, 5.41) is 5.34. The fraction of sp³-hybridized carbons (Fsp3) is 0.355. The Balaban J connectivity index is 1.72. The van der Waals surface area contributed by atoms with Gasteiger partial charge in [0, 0.05) is 35.5 Å². The molecule has 2 aromatic heterocycles. The number of rotatable bonds is 13. The number of nitrogens with one attached hydrogen (secondary N) is 3. The third-order valence-corrected chi connectivity index (χ3v) is 6.28. The first-order valence-electron chi connectivity index (χ1n) is 14.2. The topological polar surface area (TPSA) is 190 Å². The minimum absolute atomic E-state index is 0.00565. The van der Waals surface area contributed by atoms with Crippen LogP contribution in [0.2, 0.25) is 0 Å². The molecule has 0 spiro atoms. The lowest BCUT2D eigenvalue weighted by molar-refractivity contribution is -0.147. The number of carbonyl (C=O) groups excluding carboxylic acids is 5. The number of aromatic amines is 1. The average molecular weight is 621 g/mol. The molecule has 238 valence electrons. The summed E-state index contributed by atoms with van der Waals surface area (Å²) >= 11 is 0. The van der Waals surface area contributed by atoms with Crippen LogP contribution in [0.1, 0.15) is 63.4 Å². The van der Waals surface area contributed by atoms with E-state index < -0.39 is 34.9 Å². The molecule has 1 aromatic carbocycles. The maximum absolute atomic E-state index is 12.9. The molecular formula is C31H36N6O8. The normalized spacial score (nSPS) is 11.9. The van der Waals surface area contributed by atoms with Crippen LogP contribution in [-0.2, 0) is 28.7 Å². The SMILES string of the molecule is CCOC(=O)CC[C@H](NC(=O)c1ccc(N(C=O)/C=C/c2cnc3nc(NC(=O)C(C)(C)C)[nH]c(=O)c3c2)cc1)C(=O)OCC. The highest BCUT2D eigenvalue weighted by Gasteiger charge is 2.24. The smallest absolute Gasteiger partial charge is 0.328 e. The Kier molecular flexibility index (Phi) is 11.6. The zero-order valence-electron chi connectivity index (χ0n) is 25.7. The number of nitrogens with zero attached hydrogens (tertiary/aromatic N) is 3. The van der Waals surface area contributed by atoms with Gasteiger partial charge in [-0.15, -0.1) is 0 Å².